The summed E-state index contributed by atoms with van der Waals surface area (Å²) in [6.45, 7) is 7.59. The molecule has 0 radical (unpaired) electrons. The molecule has 1 aliphatic rings. The molecule has 0 amide bonds. The topological polar surface area (TPSA) is 12.0 Å². The Labute approximate surface area is 124 Å². The summed E-state index contributed by atoms with van der Waals surface area (Å²) in [6.07, 6.45) is 3.23. The van der Waals surface area contributed by atoms with Crippen LogP contribution in [0.1, 0.15) is 51.5 Å². The maximum atomic E-state index is 14.1. The van der Waals surface area contributed by atoms with Gasteiger partial charge in [-0.2, -0.15) is 0 Å². The highest BCUT2D eigenvalue weighted by Crippen LogP contribution is 2.57. The molecule has 2 unspecified atom stereocenters. The Morgan fingerprint density at radius 2 is 2.00 bits per heavy atom. The molecule has 1 saturated carbocycles. The molecule has 0 spiro atoms. The second kappa shape index (κ2) is 5.92. The van der Waals surface area contributed by atoms with Gasteiger partial charge in [0.15, 0.2) is 0 Å². The first-order valence-corrected chi connectivity index (χ1v) is 8.06. The van der Waals surface area contributed by atoms with E-state index in [1.165, 1.54) is 0 Å². The van der Waals surface area contributed by atoms with Crippen LogP contribution < -0.4 is 5.32 Å². The summed E-state index contributed by atoms with van der Waals surface area (Å²) >= 11 is 3.46. The van der Waals surface area contributed by atoms with Crippen LogP contribution in [-0.4, -0.2) is 12.6 Å². The van der Waals surface area contributed by atoms with E-state index in [0.29, 0.717) is 12.0 Å². The molecule has 1 nitrogen and oxygen atoms in total. The monoisotopic (exact) mass is 327 g/mol. The molecule has 1 aromatic rings. The van der Waals surface area contributed by atoms with Crippen molar-refractivity contribution in [2.45, 2.75) is 52.0 Å². The van der Waals surface area contributed by atoms with Crippen LogP contribution >= 0.6 is 15.9 Å². The first-order chi connectivity index (χ1) is 9.08. The fraction of sp³-hybridized carbons (Fsp3) is 0.625. The van der Waals surface area contributed by atoms with Gasteiger partial charge in [0.25, 0.3) is 0 Å². The SMILES string of the molecule is CCNC1CC(c2cc(Br)ccc2F)C1(CC)CC. The molecule has 0 saturated heterocycles. The summed E-state index contributed by atoms with van der Waals surface area (Å²) in [6, 6.07) is 5.84. The Morgan fingerprint density at radius 1 is 1.32 bits per heavy atom. The van der Waals surface area contributed by atoms with Crippen LogP contribution in [-0.2, 0) is 0 Å². The number of benzene rings is 1. The largest absolute Gasteiger partial charge is 0.314 e. The van der Waals surface area contributed by atoms with Crippen molar-refractivity contribution in [2.24, 2.45) is 5.41 Å². The first kappa shape index (κ1) is 15.0. The molecule has 1 fully saturated rings. The number of rotatable bonds is 5. The molecule has 3 heteroatoms. The van der Waals surface area contributed by atoms with E-state index in [0.717, 1.165) is 35.8 Å². The lowest BCUT2D eigenvalue weighted by Gasteiger charge is -2.56. The minimum atomic E-state index is -0.0607. The van der Waals surface area contributed by atoms with Gasteiger partial charge in [0, 0.05) is 10.5 Å². The summed E-state index contributed by atoms with van der Waals surface area (Å²) in [5.74, 6) is 0.276. The molecule has 0 bridgehead atoms. The molecular weight excluding hydrogens is 305 g/mol. The van der Waals surface area contributed by atoms with Gasteiger partial charge in [-0.3, -0.25) is 0 Å². The third kappa shape index (κ3) is 2.47. The first-order valence-electron chi connectivity index (χ1n) is 7.27. The Kier molecular flexibility index (Phi) is 4.67. The smallest absolute Gasteiger partial charge is 0.126 e. The van der Waals surface area contributed by atoms with Crippen LogP contribution in [0.5, 0.6) is 0 Å². The summed E-state index contributed by atoms with van der Waals surface area (Å²) in [5, 5.41) is 3.57. The van der Waals surface area contributed by atoms with Crippen LogP contribution in [0.4, 0.5) is 4.39 Å². The van der Waals surface area contributed by atoms with E-state index in [2.05, 4.69) is 42.0 Å². The highest BCUT2D eigenvalue weighted by Gasteiger charge is 2.53. The highest BCUT2D eigenvalue weighted by molar-refractivity contribution is 9.10. The molecule has 2 rings (SSSR count). The maximum absolute atomic E-state index is 14.1. The predicted octanol–water partition coefficient (Wildman–Crippen LogP) is 4.86. The molecule has 1 N–H and O–H groups in total. The molecule has 0 aliphatic heterocycles. The minimum Gasteiger partial charge on any atom is -0.314 e. The van der Waals surface area contributed by atoms with Gasteiger partial charge >= 0.3 is 0 Å². The molecular formula is C16H23BrFN. The lowest BCUT2D eigenvalue weighted by molar-refractivity contribution is 0.0192. The fourth-order valence-electron chi connectivity index (χ4n) is 3.77. The van der Waals surface area contributed by atoms with E-state index >= 15 is 0 Å². The van der Waals surface area contributed by atoms with Crippen molar-refractivity contribution < 1.29 is 4.39 Å². The van der Waals surface area contributed by atoms with Crippen LogP contribution in [0.15, 0.2) is 22.7 Å². The molecule has 0 aromatic heterocycles. The number of hydrogen-bond acceptors (Lipinski definition) is 1. The lowest BCUT2D eigenvalue weighted by atomic mass is 9.51. The van der Waals surface area contributed by atoms with Gasteiger partial charge in [0.2, 0.25) is 0 Å². The molecule has 19 heavy (non-hydrogen) atoms. The average Bonchev–Trinajstić information content (AvgIpc) is 2.39. The quantitative estimate of drug-likeness (QED) is 0.814. The van der Waals surface area contributed by atoms with Crippen LogP contribution in [0, 0.1) is 11.2 Å². The highest BCUT2D eigenvalue weighted by atomic mass is 79.9. The van der Waals surface area contributed by atoms with Gasteiger partial charge in [0.05, 0.1) is 0 Å². The fourth-order valence-corrected chi connectivity index (χ4v) is 4.15. The van der Waals surface area contributed by atoms with Crippen molar-refractivity contribution in [1.82, 2.24) is 5.32 Å². The maximum Gasteiger partial charge on any atom is 0.126 e. The average molecular weight is 328 g/mol. The van der Waals surface area contributed by atoms with E-state index in [4.69, 9.17) is 0 Å². The van der Waals surface area contributed by atoms with Crippen LogP contribution in [0.2, 0.25) is 0 Å². The van der Waals surface area contributed by atoms with Gasteiger partial charge in [0.1, 0.15) is 5.82 Å². The normalized spacial score (nSPS) is 25.1. The van der Waals surface area contributed by atoms with Gasteiger partial charge in [-0.25, -0.2) is 4.39 Å². The Balaban J connectivity index is 2.32. The second-order valence-corrected chi connectivity index (χ2v) is 6.42. The van der Waals surface area contributed by atoms with Gasteiger partial charge in [-0.1, -0.05) is 36.7 Å². The van der Waals surface area contributed by atoms with Gasteiger partial charge < -0.3 is 5.32 Å². The van der Waals surface area contributed by atoms with E-state index in [9.17, 15) is 4.39 Å². The third-order valence-corrected chi connectivity index (χ3v) is 5.45. The minimum absolute atomic E-state index is 0.0607. The molecule has 0 heterocycles. The third-order valence-electron chi connectivity index (χ3n) is 4.96. The molecule has 1 aromatic carbocycles. The summed E-state index contributed by atoms with van der Waals surface area (Å²) in [7, 11) is 0. The van der Waals surface area contributed by atoms with Gasteiger partial charge in [-0.15, -0.1) is 0 Å². The number of nitrogens with one attached hydrogen (secondary N) is 1. The molecule has 2 atom stereocenters. The Bertz CT molecular complexity index is 442. The predicted molar refractivity (Wildman–Crippen MR) is 81.9 cm³/mol. The van der Waals surface area contributed by atoms with Crippen molar-refractivity contribution >= 4 is 15.9 Å². The van der Waals surface area contributed by atoms with Crippen LogP contribution in [0.25, 0.3) is 0 Å². The Hall–Kier alpha value is -0.410. The standard InChI is InChI=1S/C16H23BrFN/c1-4-16(5-2)13(10-15(16)19-6-3)12-9-11(17)7-8-14(12)18/h7-9,13,15,19H,4-6,10H2,1-3H3. The zero-order valence-corrected chi connectivity index (χ0v) is 13.6. The Morgan fingerprint density at radius 3 is 2.58 bits per heavy atom. The zero-order valence-electron chi connectivity index (χ0n) is 12.0. The van der Waals surface area contributed by atoms with E-state index in [1.54, 1.807) is 12.1 Å². The summed E-state index contributed by atoms with van der Waals surface area (Å²) in [4.78, 5) is 0. The zero-order chi connectivity index (χ0) is 14.0. The van der Waals surface area contributed by atoms with Gasteiger partial charge in [-0.05, 0) is 60.9 Å². The van der Waals surface area contributed by atoms with Crippen molar-refractivity contribution in [1.29, 1.82) is 0 Å². The second-order valence-electron chi connectivity index (χ2n) is 5.50. The van der Waals surface area contributed by atoms with E-state index in [-0.39, 0.29) is 11.2 Å². The molecule has 1 aliphatic carbocycles. The van der Waals surface area contributed by atoms with Crippen molar-refractivity contribution in [3.8, 4) is 0 Å². The van der Waals surface area contributed by atoms with Crippen molar-refractivity contribution in [3.63, 3.8) is 0 Å². The van der Waals surface area contributed by atoms with Crippen LogP contribution in [0.3, 0.4) is 0 Å². The molecule has 106 valence electrons. The number of halogens is 2. The van der Waals surface area contributed by atoms with Crippen molar-refractivity contribution in [2.75, 3.05) is 6.54 Å². The van der Waals surface area contributed by atoms with E-state index in [1.807, 2.05) is 6.07 Å². The van der Waals surface area contributed by atoms with E-state index < -0.39 is 0 Å². The summed E-state index contributed by atoms with van der Waals surface area (Å²) < 4.78 is 15.1. The lowest BCUT2D eigenvalue weighted by Crippen LogP contribution is -2.58. The summed E-state index contributed by atoms with van der Waals surface area (Å²) in [5.41, 5.74) is 1.09. The van der Waals surface area contributed by atoms with Crippen molar-refractivity contribution in [3.05, 3.63) is 34.1 Å². The number of hydrogen-bond donors (Lipinski definition) is 1.